The van der Waals surface area contributed by atoms with Crippen molar-refractivity contribution in [1.29, 1.82) is 0 Å². The molecule has 0 spiro atoms. The molecule has 5 heterocycles. The van der Waals surface area contributed by atoms with E-state index in [0.29, 0.717) is 55.4 Å². The van der Waals surface area contributed by atoms with Crippen molar-refractivity contribution in [2.45, 2.75) is 43.4 Å². The molecule has 16 heteroatoms. The van der Waals surface area contributed by atoms with Gasteiger partial charge in [0.05, 0.1) is 37.3 Å². The highest BCUT2D eigenvalue weighted by atomic mass is 16.6. The first-order valence-corrected chi connectivity index (χ1v) is 16.1. The molecule has 1 saturated heterocycles. The highest BCUT2D eigenvalue weighted by Crippen LogP contribution is 2.36. The lowest BCUT2D eigenvalue weighted by Gasteiger charge is -2.22. The van der Waals surface area contributed by atoms with Crippen molar-refractivity contribution in [3.63, 3.8) is 0 Å². The molecular formula is C34H35N11O5. The summed E-state index contributed by atoms with van der Waals surface area (Å²) < 4.78 is 20.8. The number of rotatable bonds is 16. The second kappa shape index (κ2) is 14.9. The maximum atomic E-state index is 11.7. The number of imidazole rings is 2. The molecule has 16 nitrogen and oxygen atoms in total. The molecular weight excluding hydrogens is 642 g/mol. The van der Waals surface area contributed by atoms with Crippen LogP contribution in [0.25, 0.3) is 11.2 Å². The third-order valence-corrected chi connectivity index (χ3v) is 8.52. The molecule has 0 saturated carbocycles. The van der Waals surface area contributed by atoms with Gasteiger partial charge >= 0.3 is 0 Å². The van der Waals surface area contributed by atoms with E-state index in [-0.39, 0.29) is 12.5 Å². The van der Waals surface area contributed by atoms with E-state index in [1.165, 1.54) is 17.2 Å². The first kappa shape index (κ1) is 32.4. The Morgan fingerprint density at radius 3 is 2.24 bits per heavy atom. The quantitative estimate of drug-likeness (QED) is 0.143. The summed E-state index contributed by atoms with van der Waals surface area (Å²) in [6.45, 7) is 1.76. The van der Waals surface area contributed by atoms with Crippen molar-refractivity contribution in [3.05, 3.63) is 109 Å². The minimum Gasteiger partial charge on any atom is -0.458 e. The molecule has 0 unspecified atom stereocenters. The number of aryl methyl sites for hydroxylation is 1. The summed E-state index contributed by atoms with van der Waals surface area (Å²) in [5.41, 5.74) is 4.08. The Morgan fingerprint density at radius 1 is 0.880 bits per heavy atom. The second-order valence-corrected chi connectivity index (χ2v) is 11.7. The first-order chi connectivity index (χ1) is 24.6. The minimum absolute atomic E-state index is 0.00603. The van der Waals surface area contributed by atoms with Crippen LogP contribution in [0.1, 0.15) is 29.0 Å². The Hall–Kier alpha value is -6.16. The summed E-state index contributed by atoms with van der Waals surface area (Å²) in [4.78, 5) is 43.5. The highest BCUT2D eigenvalue weighted by molar-refractivity contribution is 5.84. The van der Waals surface area contributed by atoms with E-state index in [0.717, 1.165) is 16.8 Å². The fraction of sp³-hybridized carbons (Fsp3) is 0.294. The number of benzene rings is 2. The van der Waals surface area contributed by atoms with E-state index in [9.17, 15) is 9.59 Å². The number of anilines is 2. The second-order valence-electron chi connectivity index (χ2n) is 11.7. The third kappa shape index (κ3) is 7.00. The van der Waals surface area contributed by atoms with Gasteiger partial charge in [0.2, 0.25) is 5.95 Å². The lowest BCUT2D eigenvalue weighted by atomic mass is 9.91. The van der Waals surface area contributed by atoms with Gasteiger partial charge in [-0.05, 0) is 11.1 Å². The van der Waals surface area contributed by atoms with Gasteiger partial charge in [-0.15, -0.1) is 0 Å². The smallest absolute Gasteiger partial charge is 0.293 e. The maximum Gasteiger partial charge on any atom is 0.293 e. The number of nitrogens with one attached hydrogen (secondary N) is 2. The number of carbonyl (C=O) groups excluding carboxylic acids is 2. The Balaban J connectivity index is 1.24. The monoisotopic (exact) mass is 677 g/mol. The summed E-state index contributed by atoms with van der Waals surface area (Å²) in [7, 11) is 1.92. The van der Waals surface area contributed by atoms with E-state index >= 15 is 0 Å². The van der Waals surface area contributed by atoms with Crippen LogP contribution in [0.3, 0.4) is 0 Å². The normalized spacial score (nSPS) is 18.7. The SMILES string of the molecule is Cn1cnc(CCNc2nc(NCC(c3ccccc3)c3ccccc3)c3ncn([C@@H]4O[C@H](Cn5nccn5)[C@H](OC=O)[C@H]4OC=O)c3n2)c1. The van der Waals surface area contributed by atoms with Gasteiger partial charge in [0, 0.05) is 38.7 Å². The van der Waals surface area contributed by atoms with Crippen LogP contribution in [0.15, 0.2) is 91.9 Å². The van der Waals surface area contributed by atoms with Gasteiger partial charge in [0.1, 0.15) is 6.10 Å². The zero-order valence-corrected chi connectivity index (χ0v) is 27.1. The summed E-state index contributed by atoms with van der Waals surface area (Å²) in [5.74, 6) is 0.846. The summed E-state index contributed by atoms with van der Waals surface area (Å²) >= 11 is 0. The number of hydrogen-bond acceptors (Lipinski definition) is 13. The van der Waals surface area contributed by atoms with Crippen LogP contribution in [0.2, 0.25) is 0 Å². The van der Waals surface area contributed by atoms with Gasteiger partial charge in [0.15, 0.2) is 35.4 Å². The van der Waals surface area contributed by atoms with Gasteiger partial charge in [-0.2, -0.15) is 25.0 Å². The Kier molecular flexibility index (Phi) is 9.68. The molecule has 256 valence electrons. The molecule has 1 aliphatic heterocycles. The van der Waals surface area contributed by atoms with Crippen molar-refractivity contribution in [2.75, 3.05) is 23.7 Å². The molecule has 1 aliphatic rings. The molecule has 4 atom stereocenters. The maximum absolute atomic E-state index is 11.7. The molecule has 1 fully saturated rings. The average Bonchev–Trinajstić information content (AvgIpc) is 3.95. The predicted molar refractivity (Wildman–Crippen MR) is 180 cm³/mol. The van der Waals surface area contributed by atoms with Crippen LogP contribution in [0.5, 0.6) is 0 Å². The van der Waals surface area contributed by atoms with Gasteiger partial charge in [0.25, 0.3) is 12.9 Å². The van der Waals surface area contributed by atoms with Crippen molar-refractivity contribution in [1.82, 2.24) is 44.1 Å². The van der Waals surface area contributed by atoms with Gasteiger partial charge in [-0.1, -0.05) is 60.7 Å². The summed E-state index contributed by atoms with van der Waals surface area (Å²) in [6, 6.07) is 20.5. The van der Waals surface area contributed by atoms with Crippen LogP contribution in [0, 0.1) is 0 Å². The summed E-state index contributed by atoms with van der Waals surface area (Å²) in [5, 5.41) is 15.2. The third-order valence-electron chi connectivity index (χ3n) is 8.52. The topological polar surface area (TPSA) is 178 Å². The van der Waals surface area contributed by atoms with Crippen LogP contribution < -0.4 is 10.6 Å². The van der Waals surface area contributed by atoms with Crippen molar-refractivity contribution in [3.8, 4) is 0 Å². The average molecular weight is 678 g/mol. The molecule has 2 aromatic carbocycles. The molecule has 0 aliphatic carbocycles. The molecule has 6 aromatic rings. The van der Waals surface area contributed by atoms with Crippen molar-refractivity contribution >= 4 is 35.9 Å². The predicted octanol–water partition coefficient (Wildman–Crippen LogP) is 2.73. The number of fused-ring (bicyclic) bond motifs is 1. The van der Waals surface area contributed by atoms with Crippen molar-refractivity contribution < 1.29 is 23.8 Å². The van der Waals surface area contributed by atoms with Gasteiger partial charge < -0.3 is 29.4 Å². The van der Waals surface area contributed by atoms with E-state index in [1.54, 1.807) is 17.2 Å². The van der Waals surface area contributed by atoms with Gasteiger partial charge in [-0.3, -0.25) is 14.2 Å². The van der Waals surface area contributed by atoms with Crippen molar-refractivity contribution in [2.24, 2.45) is 7.05 Å². The molecule has 50 heavy (non-hydrogen) atoms. The minimum atomic E-state index is -1.02. The first-order valence-electron chi connectivity index (χ1n) is 16.1. The van der Waals surface area contributed by atoms with Crippen LogP contribution in [0.4, 0.5) is 11.8 Å². The molecule has 0 amide bonds. The van der Waals surface area contributed by atoms with E-state index in [1.807, 2.05) is 54.2 Å². The van der Waals surface area contributed by atoms with Crippen LogP contribution in [-0.4, -0.2) is 88.4 Å². The van der Waals surface area contributed by atoms with Crippen LogP contribution in [-0.2, 0) is 43.8 Å². The molecule has 2 N–H and O–H groups in total. The number of ether oxygens (including phenoxy) is 3. The standard InChI is InChI=1S/C34H35N11O5/c1-43-17-25(37-19-43)12-13-35-34-41-31(36-16-26(23-8-4-2-5-9-23)24-10-6-3-7-11-24)28-32(42-34)44(20-38-28)33-30(49-22-47)29(48-21-46)27(50-33)18-45-39-14-15-40-45/h2-11,14-15,17,19-22,26-27,29-30,33H,12-13,16,18H2,1H3,(H2,35,36,41,42)/t27-,29+,30-,33-/m1/s1. The number of aromatic nitrogens is 9. The Morgan fingerprint density at radius 2 is 1.58 bits per heavy atom. The highest BCUT2D eigenvalue weighted by Gasteiger charge is 2.50. The number of carbonyl (C=O) groups is 2. The Bertz CT molecular complexity index is 1960. The fourth-order valence-corrected chi connectivity index (χ4v) is 6.22. The number of hydrogen-bond donors (Lipinski definition) is 2. The molecule has 0 bridgehead atoms. The molecule has 0 radical (unpaired) electrons. The largest absolute Gasteiger partial charge is 0.458 e. The lowest BCUT2D eigenvalue weighted by molar-refractivity contribution is -0.151. The molecule has 7 rings (SSSR count). The fourth-order valence-electron chi connectivity index (χ4n) is 6.22. The van der Waals surface area contributed by atoms with Crippen LogP contribution >= 0.6 is 0 Å². The zero-order chi connectivity index (χ0) is 34.3. The number of nitrogens with zero attached hydrogens (tertiary/aromatic N) is 9. The van der Waals surface area contributed by atoms with E-state index in [2.05, 4.69) is 50.1 Å². The lowest BCUT2D eigenvalue weighted by Crippen LogP contribution is -2.38. The van der Waals surface area contributed by atoms with E-state index in [4.69, 9.17) is 29.2 Å². The summed E-state index contributed by atoms with van der Waals surface area (Å²) in [6.07, 6.45) is 5.26. The molecule has 4 aromatic heterocycles. The Labute approximate surface area is 286 Å². The van der Waals surface area contributed by atoms with Gasteiger partial charge in [-0.25, -0.2) is 9.97 Å². The van der Waals surface area contributed by atoms with E-state index < -0.39 is 24.5 Å². The zero-order valence-electron chi connectivity index (χ0n) is 27.1.